The first kappa shape index (κ1) is 10.4. The monoisotopic (exact) mass is 334 g/mol. The molecule has 1 rings (SSSR count). The van der Waals surface area contributed by atoms with Gasteiger partial charge in [0.05, 0.1) is 0 Å². The van der Waals surface area contributed by atoms with Crippen LogP contribution in [0.15, 0.2) is 17.2 Å². The summed E-state index contributed by atoms with van der Waals surface area (Å²) in [5.41, 5.74) is 0. The topological polar surface area (TPSA) is 0 Å². The molecular weight excluding hydrogens is 324 g/mol. The van der Waals surface area contributed by atoms with Gasteiger partial charge >= 0.3 is 0 Å². The summed E-state index contributed by atoms with van der Waals surface area (Å²) in [5, 5.41) is 0.902. The minimum atomic E-state index is 0. The van der Waals surface area contributed by atoms with Gasteiger partial charge in [0.25, 0.3) is 0 Å². The molecule has 0 saturated carbocycles. The molecule has 1 radical (unpaired) electrons. The first-order valence-electron chi connectivity index (χ1n) is 3.30. The summed E-state index contributed by atoms with van der Waals surface area (Å²) in [6.07, 6.45) is 11.6. The predicted molar refractivity (Wildman–Crippen MR) is 40.2 cm³/mol. The Morgan fingerprint density at radius 1 is 1.30 bits per heavy atom. The fraction of sp³-hybridized carbons (Fsp3) is 0.500. The zero-order valence-corrected chi connectivity index (χ0v) is 8.85. The molecule has 0 atom stereocenters. The second-order valence-electron chi connectivity index (χ2n) is 2.13. The van der Waals surface area contributed by atoms with E-state index in [1.807, 2.05) is 0 Å². The van der Waals surface area contributed by atoms with Gasteiger partial charge in [-0.15, -0.1) is 11.6 Å². The van der Waals surface area contributed by atoms with E-state index in [4.69, 9.17) is 11.6 Å². The summed E-state index contributed by atoms with van der Waals surface area (Å²) >= 11 is 5.77. The quantitative estimate of drug-likeness (QED) is 0.472. The second kappa shape index (κ2) is 6.15. The molecule has 1 aliphatic carbocycles. The average molecular weight is 334 g/mol. The van der Waals surface area contributed by atoms with Gasteiger partial charge < -0.3 is 6.08 Å². The normalized spacial score (nSPS) is 21.5. The first-order valence-corrected chi connectivity index (χ1v) is 3.67. The second-order valence-corrected chi connectivity index (χ2v) is 2.59. The molecule has 0 fully saturated rings. The third-order valence-electron chi connectivity index (χ3n) is 1.32. The van der Waals surface area contributed by atoms with Crippen LogP contribution in [0, 0.1) is 6.08 Å². The number of hydrogen-bond acceptors (Lipinski definition) is 0. The molecule has 0 saturated heterocycles. The van der Waals surface area contributed by atoms with E-state index in [9.17, 15) is 0 Å². The summed E-state index contributed by atoms with van der Waals surface area (Å²) in [5.74, 6) is 0. The van der Waals surface area contributed by atoms with Crippen molar-refractivity contribution >= 4 is 11.6 Å². The Bertz CT molecular complexity index is 138. The largest absolute Gasteiger partial charge is 0.481 e. The Kier molecular flexibility index (Phi) is 6.41. The maximum Gasteiger partial charge on any atom is 0 e. The molecule has 0 spiro atoms. The van der Waals surface area contributed by atoms with Crippen LogP contribution in [0.25, 0.3) is 0 Å². The molecule has 0 heterocycles. The van der Waals surface area contributed by atoms with E-state index in [0.29, 0.717) is 0 Å². The van der Waals surface area contributed by atoms with E-state index < -0.39 is 0 Å². The third-order valence-corrected chi connectivity index (χ3v) is 1.65. The minimum Gasteiger partial charge on any atom is -0.481 e. The molecule has 0 unspecified atom stereocenters. The zero-order chi connectivity index (χ0) is 6.53. The number of allylic oxidation sites excluding steroid dienone is 4. The van der Waals surface area contributed by atoms with E-state index >= 15 is 0 Å². The molecule has 0 bridgehead atoms. The van der Waals surface area contributed by atoms with Crippen molar-refractivity contribution in [1.82, 2.24) is 0 Å². The fourth-order valence-electron chi connectivity index (χ4n) is 0.825. The van der Waals surface area contributed by atoms with E-state index in [-0.39, 0.29) is 20.1 Å². The van der Waals surface area contributed by atoms with Crippen molar-refractivity contribution in [3.05, 3.63) is 23.3 Å². The SMILES string of the molecule is ClC1=[C-]CC/C=C\CC1.[Ir]. The number of hydrogen-bond donors (Lipinski definition) is 0. The summed E-state index contributed by atoms with van der Waals surface area (Å²) in [7, 11) is 0. The first-order chi connectivity index (χ1) is 4.39. The van der Waals surface area contributed by atoms with Crippen LogP contribution in [-0.2, 0) is 20.1 Å². The van der Waals surface area contributed by atoms with Crippen molar-refractivity contribution in [2.45, 2.75) is 25.7 Å². The molecule has 0 aromatic carbocycles. The molecule has 2 heteroatoms. The Balaban J connectivity index is 0.000000810. The average Bonchev–Trinajstić information content (AvgIpc) is 1.79. The van der Waals surface area contributed by atoms with Gasteiger partial charge in [0, 0.05) is 20.1 Å². The fourth-order valence-corrected chi connectivity index (χ4v) is 1.03. The third kappa shape index (κ3) is 4.27. The van der Waals surface area contributed by atoms with Gasteiger partial charge in [-0.3, -0.25) is 0 Å². The van der Waals surface area contributed by atoms with Gasteiger partial charge in [-0.05, 0) is 12.8 Å². The van der Waals surface area contributed by atoms with Crippen molar-refractivity contribution in [2.24, 2.45) is 0 Å². The Labute approximate surface area is 80.7 Å². The standard InChI is InChI=1S/C8H10Cl.Ir/c9-8-6-4-2-1-3-5-7-8;/h1-2H,3-6H2;/q-1;/b2-1-;. The summed E-state index contributed by atoms with van der Waals surface area (Å²) < 4.78 is 0. The van der Waals surface area contributed by atoms with E-state index in [0.717, 1.165) is 30.7 Å². The Hall–Kier alpha value is 0.419. The van der Waals surface area contributed by atoms with Crippen LogP contribution >= 0.6 is 11.6 Å². The Morgan fingerprint density at radius 2 is 2.00 bits per heavy atom. The summed E-state index contributed by atoms with van der Waals surface area (Å²) in [6.45, 7) is 0. The maximum absolute atomic E-state index is 5.77. The molecule has 0 aromatic rings. The molecule has 59 valence electrons. The van der Waals surface area contributed by atoms with Crippen LogP contribution in [0.3, 0.4) is 0 Å². The minimum absolute atomic E-state index is 0. The number of rotatable bonds is 0. The summed E-state index contributed by atoms with van der Waals surface area (Å²) in [6, 6.07) is 0. The van der Waals surface area contributed by atoms with Crippen LogP contribution in [-0.4, -0.2) is 0 Å². The van der Waals surface area contributed by atoms with E-state index in [2.05, 4.69) is 18.2 Å². The Morgan fingerprint density at radius 3 is 2.80 bits per heavy atom. The molecule has 0 N–H and O–H groups in total. The van der Waals surface area contributed by atoms with Gasteiger partial charge in [-0.2, -0.15) is 11.5 Å². The molecule has 1 aliphatic rings. The van der Waals surface area contributed by atoms with Crippen molar-refractivity contribution in [2.75, 3.05) is 0 Å². The van der Waals surface area contributed by atoms with Crippen LogP contribution in [0.4, 0.5) is 0 Å². The molecule has 0 aliphatic heterocycles. The molecule has 10 heavy (non-hydrogen) atoms. The van der Waals surface area contributed by atoms with Crippen molar-refractivity contribution < 1.29 is 20.1 Å². The predicted octanol–water partition coefficient (Wildman–Crippen LogP) is 3.04. The summed E-state index contributed by atoms with van der Waals surface area (Å²) in [4.78, 5) is 0. The maximum atomic E-state index is 5.77. The van der Waals surface area contributed by atoms with Gasteiger partial charge in [0.2, 0.25) is 0 Å². The van der Waals surface area contributed by atoms with Gasteiger partial charge in [0.1, 0.15) is 0 Å². The molecule has 0 amide bonds. The van der Waals surface area contributed by atoms with Gasteiger partial charge in [-0.25, -0.2) is 0 Å². The number of halogens is 1. The van der Waals surface area contributed by atoms with E-state index in [1.165, 1.54) is 0 Å². The van der Waals surface area contributed by atoms with Gasteiger partial charge in [0.15, 0.2) is 0 Å². The molecular formula is C8H10ClIr-. The van der Waals surface area contributed by atoms with Crippen LogP contribution in [0.1, 0.15) is 25.7 Å². The van der Waals surface area contributed by atoms with Crippen molar-refractivity contribution in [1.29, 1.82) is 0 Å². The van der Waals surface area contributed by atoms with Gasteiger partial charge in [-0.1, -0.05) is 18.6 Å². The molecule has 0 nitrogen and oxygen atoms in total. The van der Waals surface area contributed by atoms with Crippen molar-refractivity contribution in [3.63, 3.8) is 0 Å². The smallest absolute Gasteiger partial charge is 0 e. The zero-order valence-electron chi connectivity index (χ0n) is 5.69. The van der Waals surface area contributed by atoms with Crippen LogP contribution in [0.2, 0.25) is 0 Å². The van der Waals surface area contributed by atoms with E-state index in [1.54, 1.807) is 0 Å². The van der Waals surface area contributed by atoms with Crippen LogP contribution in [0.5, 0.6) is 0 Å². The molecule has 0 aromatic heterocycles. The van der Waals surface area contributed by atoms with Crippen molar-refractivity contribution in [3.8, 4) is 0 Å². The van der Waals surface area contributed by atoms with Crippen LogP contribution < -0.4 is 0 Å².